The van der Waals surface area contributed by atoms with Gasteiger partial charge >= 0.3 is 0 Å². The summed E-state index contributed by atoms with van der Waals surface area (Å²) in [7, 11) is 0. The van der Waals surface area contributed by atoms with Crippen molar-refractivity contribution in [3.05, 3.63) is 71.0 Å². The lowest BCUT2D eigenvalue weighted by atomic mass is 10.1. The van der Waals surface area contributed by atoms with Crippen molar-refractivity contribution in [2.75, 3.05) is 0 Å². The summed E-state index contributed by atoms with van der Waals surface area (Å²) >= 11 is 0. The Bertz CT molecular complexity index is 599. The van der Waals surface area contributed by atoms with Crippen molar-refractivity contribution in [2.24, 2.45) is 0 Å². The van der Waals surface area contributed by atoms with Crippen LogP contribution in [0.1, 0.15) is 23.6 Å². The van der Waals surface area contributed by atoms with Gasteiger partial charge in [0, 0.05) is 12.6 Å². The first-order valence-electron chi connectivity index (χ1n) is 6.64. The molecule has 0 saturated heterocycles. The molecule has 1 atom stereocenters. The molecule has 2 aromatic rings. The smallest absolute Gasteiger partial charge is 0.123 e. The Hall–Kier alpha value is -2.18. The van der Waals surface area contributed by atoms with Gasteiger partial charge in [0.25, 0.3) is 0 Å². The highest BCUT2D eigenvalue weighted by Gasteiger charge is 2.04. The maximum absolute atomic E-state index is 13.1. The second-order valence-electron chi connectivity index (χ2n) is 4.92. The lowest BCUT2D eigenvalue weighted by Crippen LogP contribution is -2.27. The average molecular weight is 268 g/mol. The van der Waals surface area contributed by atoms with E-state index in [0.717, 1.165) is 24.1 Å². The Labute approximate surface area is 118 Å². The van der Waals surface area contributed by atoms with Gasteiger partial charge in [0.05, 0.1) is 11.6 Å². The van der Waals surface area contributed by atoms with Crippen LogP contribution in [0.15, 0.2) is 48.5 Å². The third kappa shape index (κ3) is 4.18. The van der Waals surface area contributed by atoms with E-state index in [9.17, 15) is 4.39 Å². The Kier molecular flexibility index (Phi) is 4.86. The topological polar surface area (TPSA) is 35.8 Å². The van der Waals surface area contributed by atoms with Gasteiger partial charge in [-0.05, 0) is 48.7 Å². The molecule has 2 nitrogen and oxygen atoms in total. The standard InChI is InChI=1S/C17H17FN2/c1-13(9-16-3-2-4-17(18)10-16)20-12-15-7-5-14(11-19)6-8-15/h2-8,10,13,20H,9,12H2,1H3. The van der Waals surface area contributed by atoms with Gasteiger partial charge in [-0.15, -0.1) is 0 Å². The van der Waals surface area contributed by atoms with Crippen LogP contribution >= 0.6 is 0 Å². The summed E-state index contributed by atoms with van der Waals surface area (Å²) in [5.41, 5.74) is 2.79. The molecule has 3 heteroatoms. The third-order valence-electron chi connectivity index (χ3n) is 3.17. The van der Waals surface area contributed by atoms with Crippen LogP contribution in [0.3, 0.4) is 0 Å². The van der Waals surface area contributed by atoms with Crippen LogP contribution in [0.4, 0.5) is 4.39 Å². The molecule has 0 aliphatic carbocycles. The summed E-state index contributed by atoms with van der Waals surface area (Å²) < 4.78 is 13.1. The lowest BCUT2D eigenvalue weighted by molar-refractivity contribution is 0.543. The molecule has 1 unspecified atom stereocenters. The van der Waals surface area contributed by atoms with Crippen molar-refractivity contribution in [3.63, 3.8) is 0 Å². The normalized spacial score (nSPS) is 11.8. The molecule has 0 fully saturated rings. The summed E-state index contributed by atoms with van der Waals surface area (Å²) in [5.74, 6) is -0.193. The SMILES string of the molecule is CC(Cc1cccc(F)c1)NCc1ccc(C#N)cc1. The first-order chi connectivity index (χ1) is 9.67. The highest BCUT2D eigenvalue weighted by molar-refractivity contribution is 5.31. The fourth-order valence-electron chi connectivity index (χ4n) is 2.08. The second kappa shape index (κ2) is 6.83. The molecule has 0 bridgehead atoms. The van der Waals surface area contributed by atoms with Crippen molar-refractivity contribution in [2.45, 2.75) is 25.9 Å². The van der Waals surface area contributed by atoms with Gasteiger partial charge < -0.3 is 5.32 Å². The first-order valence-corrected chi connectivity index (χ1v) is 6.64. The number of hydrogen-bond donors (Lipinski definition) is 1. The van der Waals surface area contributed by atoms with Crippen LogP contribution in [-0.4, -0.2) is 6.04 Å². The van der Waals surface area contributed by atoms with Crippen LogP contribution in [0.5, 0.6) is 0 Å². The summed E-state index contributed by atoms with van der Waals surface area (Å²) in [5, 5.41) is 12.1. The van der Waals surface area contributed by atoms with Crippen molar-refractivity contribution in [3.8, 4) is 6.07 Å². The molecule has 0 spiro atoms. The molecule has 0 aliphatic rings. The highest BCUT2D eigenvalue weighted by atomic mass is 19.1. The Balaban J connectivity index is 1.85. The van der Waals surface area contributed by atoms with Gasteiger partial charge in [-0.25, -0.2) is 4.39 Å². The number of benzene rings is 2. The summed E-state index contributed by atoms with van der Waals surface area (Å²) in [6, 6.07) is 16.6. The second-order valence-corrected chi connectivity index (χ2v) is 4.92. The summed E-state index contributed by atoms with van der Waals surface area (Å²) in [6.07, 6.45) is 0.786. The molecule has 102 valence electrons. The number of rotatable bonds is 5. The number of halogens is 1. The van der Waals surface area contributed by atoms with E-state index in [4.69, 9.17) is 5.26 Å². The third-order valence-corrected chi connectivity index (χ3v) is 3.17. The molecule has 0 radical (unpaired) electrons. The molecule has 0 saturated carbocycles. The zero-order valence-electron chi connectivity index (χ0n) is 11.4. The van der Waals surface area contributed by atoms with E-state index in [2.05, 4.69) is 18.3 Å². The number of hydrogen-bond acceptors (Lipinski definition) is 2. The van der Waals surface area contributed by atoms with Crippen LogP contribution in [-0.2, 0) is 13.0 Å². The van der Waals surface area contributed by atoms with Crippen molar-refractivity contribution in [1.82, 2.24) is 5.32 Å². The Morgan fingerprint density at radius 2 is 1.90 bits per heavy atom. The van der Waals surface area contributed by atoms with Crippen LogP contribution < -0.4 is 5.32 Å². The Morgan fingerprint density at radius 1 is 1.15 bits per heavy atom. The lowest BCUT2D eigenvalue weighted by Gasteiger charge is -2.14. The quantitative estimate of drug-likeness (QED) is 0.902. The average Bonchev–Trinajstić information content (AvgIpc) is 2.46. The van der Waals surface area contributed by atoms with E-state index in [1.165, 1.54) is 6.07 Å². The van der Waals surface area contributed by atoms with Crippen LogP contribution in [0, 0.1) is 17.1 Å². The van der Waals surface area contributed by atoms with Crippen molar-refractivity contribution in [1.29, 1.82) is 5.26 Å². The maximum Gasteiger partial charge on any atom is 0.123 e. The fraction of sp³-hybridized carbons (Fsp3) is 0.235. The van der Waals surface area contributed by atoms with E-state index < -0.39 is 0 Å². The highest BCUT2D eigenvalue weighted by Crippen LogP contribution is 2.08. The predicted octanol–water partition coefficient (Wildman–Crippen LogP) is 3.42. The van der Waals surface area contributed by atoms with Crippen LogP contribution in [0.2, 0.25) is 0 Å². The molecule has 0 heterocycles. The van der Waals surface area contributed by atoms with Crippen molar-refractivity contribution < 1.29 is 4.39 Å². The van der Waals surface area contributed by atoms with Gasteiger partial charge in [-0.1, -0.05) is 24.3 Å². The minimum Gasteiger partial charge on any atom is -0.310 e. The van der Waals surface area contributed by atoms with Gasteiger partial charge in [-0.2, -0.15) is 5.26 Å². The summed E-state index contributed by atoms with van der Waals surface area (Å²) in [4.78, 5) is 0. The van der Waals surface area contributed by atoms with E-state index in [1.807, 2.05) is 30.3 Å². The van der Waals surface area contributed by atoms with E-state index >= 15 is 0 Å². The molecule has 0 amide bonds. The number of nitriles is 1. The molecule has 1 N–H and O–H groups in total. The van der Waals surface area contributed by atoms with E-state index in [1.54, 1.807) is 12.1 Å². The molecular weight excluding hydrogens is 251 g/mol. The number of nitrogens with zero attached hydrogens (tertiary/aromatic N) is 1. The Morgan fingerprint density at radius 3 is 2.55 bits per heavy atom. The molecule has 0 aromatic heterocycles. The maximum atomic E-state index is 13.1. The summed E-state index contributed by atoms with van der Waals surface area (Å²) in [6.45, 7) is 2.82. The molecular formula is C17H17FN2. The zero-order valence-corrected chi connectivity index (χ0v) is 11.4. The largest absolute Gasteiger partial charge is 0.310 e. The van der Waals surface area contributed by atoms with Gasteiger partial charge in [0.15, 0.2) is 0 Å². The van der Waals surface area contributed by atoms with Gasteiger partial charge in [0.1, 0.15) is 5.82 Å². The van der Waals surface area contributed by atoms with Crippen LogP contribution in [0.25, 0.3) is 0 Å². The number of nitrogens with one attached hydrogen (secondary N) is 1. The first kappa shape index (κ1) is 14.2. The molecule has 2 rings (SSSR count). The van der Waals surface area contributed by atoms with E-state index in [-0.39, 0.29) is 11.9 Å². The molecule has 2 aromatic carbocycles. The van der Waals surface area contributed by atoms with E-state index in [0.29, 0.717) is 5.56 Å². The molecule has 20 heavy (non-hydrogen) atoms. The van der Waals surface area contributed by atoms with Gasteiger partial charge in [-0.3, -0.25) is 0 Å². The minimum absolute atomic E-state index is 0.193. The van der Waals surface area contributed by atoms with Crippen molar-refractivity contribution >= 4 is 0 Å². The molecule has 0 aliphatic heterocycles. The van der Waals surface area contributed by atoms with Gasteiger partial charge in [0.2, 0.25) is 0 Å². The zero-order chi connectivity index (χ0) is 14.4. The monoisotopic (exact) mass is 268 g/mol. The minimum atomic E-state index is -0.193. The predicted molar refractivity (Wildman–Crippen MR) is 77.6 cm³/mol. The fourth-order valence-corrected chi connectivity index (χ4v) is 2.08.